The monoisotopic (exact) mass is 326 g/mol. The first kappa shape index (κ1) is 15.2. The Morgan fingerprint density at radius 1 is 1.36 bits per heavy atom. The number of nitrogens with zero attached hydrogens (tertiary/aromatic N) is 3. The number of carbonyl (C=O) groups is 1. The lowest BCUT2D eigenvalue weighted by atomic mass is 10.2. The Balaban J connectivity index is 1.67. The minimum Gasteiger partial charge on any atom is -0.378 e. The van der Waals surface area contributed by atoms with Crippen LogP contribution in [0.3, 0.4) is 0 Å². The van der Waals surface area contributed by atoms with Gasteiger partial charge in [0.1, 0.15) is 5.69 Å². The summed E-state index contributed by atoms with van der Waals surface area (Å²) in [5.41, 5.74) is 0.251. The van der Waals surface area contributed by atoms with Crippen LogP contribution < -0.4 is 10.2 Å². The van der Waals surface area contributed by atoms with E-state index in [1.54, 1.807) is 0 Å². The number of aromatic nitrogens is 2. The zero-order valence-corrected chi connectivity index (χ0v) is 12.9. The molecule has 8 nitrogen and oxygen atoms in total. The standard InChI is InChI=1S/C13H18N4O4S/c18-12(15-10-2-8-22(19,20)9-10)11-1-3-14-13(16-11)17-4-6-21-7-5-17/h1,3,10H,2,4-9H2,(H,15,18). The van der Waals surface area contributed by atoms with Crippen LogP contribution >= 0.6 is 0 Å². The fourth-order valence-corrected chi connectivity index (χ4v) is 4.23. The topological polar surface area (TPSA) is 101 Å². The van der Waals surface area contributed by atoms with E-state index in [1.807, 2.05) is 4.90 Å². The van der Waals surface area contributed by atoms with Crippen molar-refractivity contribution in [3.05, 3.63) is 18.0 Å². The largest absolute Gasteiger partial charge is 0.378 e. The van der Waals surface area contributed by atoms with Crippen molar-refractivity contribution < 1.29 is 17.9 Å². The molecule has 3 heterocycles. The van der Waals surface area contributed by atoms with Crippen molar-refractivity contribution >= 4 is 21.7 Å². The minimum atomic E-state index is -3.02. The molecule has 3 rings (SSSR count). The van der Waals surface area contributed by atoms with Crippen molar-refractivity contribution in [2.75, 3.05) is 42.7 Å². The number of morpholine rings is 1. The maximum atomic E-state index is 12.2. The molecule has 0 saturated carbocycles. The Kier molecular flexibility index (Phi) is 4.25. The first-order valence-electron chi connectivity index (χ1n) is 7.20. The van der Waals surface area contributed by atoms with Crippen LogP contribution in [0.25, 0.3) is 0 Å². The number of hydrogen-bond donors (Lipinski definition) is 1. The molecule has 1 N–H and O–H groups in total. The molecule has 1 amide bonds. The Morgan fingerprint density at radius 3 is 2.82 bits per heavy atom. The maximum Gasteiger partial charge on any atom is 0.270 e. The first-order valence-corrected chi connectivity index (χ1v) is 9.03. The van der Waals surface area contributed by atoms with Gasteiger partial charge in [-0.05, 0) is 12.5 Å². The van der Waals surface area contributed by atoms with Gasteiger partial charge in [0.15, 0.2) is 9.84 Å². The quantitative estimate of drug-likeness (QED) is 0.778. The number of amides is 1. The SMILES string of the molecule is O=C(NC1CCS(=O)(=O)C1)c1ccnc(N2CCOCC2)n1. The number of carbonyl (C=O) groups excluding carboxylic acids is 1. The predicted molar refractivity (Wildman–Crippen MR) is 79.6 cm³/mol. The highest BCUT2D eigenvalue weighted by Gasteiger charge is 2.29. The van der Waals surface area contributed by atoms with E-state index in [0.717, 1.165) is 0 Å². The van der Waals surface area contributed by atoms with Gasteiger partial charge in [-0.2, -0.15) is 0 Å². The third-order valence-corrected chi connectivity index (χ3v) is 5.51. The normalized spacial score (nSPS) is 24.2. The highest BCUT2D eigenvalue weighted by molar-refractivity contribution is 7.91. The second-order valence-electron chi connectivity index (χ2n) is 5.41. The molecule has 1 aromatic heterocycles. The highest BCUT2D eigenvalue weighted by Crippen LogP contribution is 2.13. The van der Waals surface area contributed by atoms with Crippen LogP contribution in [0.4, 0.5) is 5.95 Å². The average Bonchev–Trinajstić information content (AvgIpc) is 2.87. The molecule has 0 spiro atoms. The summed E-state index contributed by atoms with van der Waals surface area (Å²) in [4.78, 5) is 22.6. The lowest BCUT2D eigenvalue weighted by molar-refractivity contribution is 0.0936. The number of anilines is 1. The third-order valence-electron chi connectivity index (χ3n) is 3.74. The minimum absolute atomic E-state index is 0.000143. The van der Waals surface area contributed by atoms with Crippen molar-refractivity contribution in [3.63, 3.8) is 0 Å². The number of hydrogen-bond acceptors (Lipinski definition) is 7. The fourth-order valence-electron chi connectivity index (χ4n) is 2.56. The summed E-state index contributed by atoms with van der Waals surface area (Å²) in [6, 6.07) is 1.20. The van der Waals surface area contributed by atoms with Gasteiger partial charge in [0.2, 0.25) is 5.95 Å². The molecule has 0 aromatic carbocycles. The number of ether oxygens (including phenoxy) is 1. The summed E-state index contributed by atoms with van der Waals surface area (Å²) in [5, 5.41) is 2.73. The van der Waals surface area contributed by atoms with Gasteiger partial charge in [0.25, 0.3) is 5.91 Å². The van der Waals surface area contributed by atoms with Crippen molar-refractivity contribution in [1.82, 2.24) is 15.3 Å². The lowest BCUT2D eigenvalue weighted by Gasteiger charge is -2.26. The fraction of sp³-hybridized carbons (Fsp3) is 0.615. The molecule has 0 radical (unpaired) electrons. The zero-order valence-electron chi connectivity index (χ0n) is 12.1. The molecule has 9 heteroatoms. The Hall–Kier alpha value is -1.74. The molecule has 2 saturated heterocycles. The van der Waals surface area contributed by atoms with Gasteiger partial charge < -0.3 is 15.0 Å². The predicted octanol–water partition coefficient (Wildman–Crippen LogP) is -0.770. The average molecular weight is 326 g/mol. The highest BCUT2D eigenvalue weighted by atomic mass is 32.2. The van der Waals surface area contributed by atoms with Crippen molar-refractivity contribution in [3.8, 4) is 0 Å². The molecule has 2 aliphatic heterocycles. The molecule has 22 heavy (non-hydrogen) atoms. The molecule has 2 fully saturated rings. The van der Waals surface area contributed by atoms with Gasteiger partial charge in [-0.25, -0.2) is 18.4 Å². The van der Waals surface area contributed by atoms with Gasteiger partial charge >= 0.3 is 0 Å². The van der Waals surface area contributed by atoms with Crippen LogP contribution in [0.15, 0.2) is 12.3 Å². The molecular weight excluding hydrogens is 308 g/mol. The van der Waals surface area contributed by atoms with Gasteiger partial charge in [0, 0.05) is 25.3 Å². The van der Waals surface area contributed by atoms with E-state index in [4.69, 9.17) is 4.74 Å². The van der Waals surface area contributed by atoms with Crippen molar-refractivity contribution in [2.45, 2.75) is 12.5 Å². The Bertz CT molecular complexity index is 658. The summed E-state index contributed by atoms with van der Waals surface area (Å²) in [7, 11) is -3.02. The molecule has 120 valence electrons. The molecule has 1 unspecified atom stereocenters. The van der Waals surface area contributed by atoms with Gasteiger partial charge in [-0.1, -0.05) is 0 Å². The second kappa shape index (κ2) is 6.17. The van der Waals surface area contributed by atoms with Crippen molar-refractivity contribution in [2.24, 2.45) is 0 Å². The van der Waals surface area contributed by atoms with E-state index in [2.05, 4.69) is 15.3 Å². The van der Waals surface area contributed by atoms with Crippen LogP contribution in [-0.2, 0) is 14.6 Å². The second-order valence-corrected chi connectivity index (χ2v) is 7.64. The maximum absolute atomic E-state index is 12.2. The summed E-state index contributed by atoms with van der Waals surface area (Å²) in [6.45, 7) is 2.59. The summed E-state index contributed by atoms with van der Waals surface area (Å²) in [5.74, 6) is 0.259. The molecule has 1 atom stereocenters. The molecule has 0 aliphatic carbocycles. The summed E-state index contributed by atoms with van der Waals surface area (Å²) >= 11 is 0. The summed E-state index contributed by atoms with van der Waals surface area (Å²) < 4.78 is 28.1. The van der Waals surface area contributed by atoms with Gasteiger partial charge in [-0.3, -0.25) is 4.79 Å². The van der Waals surface area contributed by atoms with Crippen LogP contribution in [0.5, 0.6) is 0 Å². The van der Waals surface area contributed by atoms with E-state index in [1.165, 1.54) is 12.3 Å². The number of rotatable bonds is 3. The Morgan fingerprint density at radius 2 is 2.14 bits per heavy atom. The zero-order chi connectivity index (χ0) is 15.6. The van der Waals surface area contributed by atoms with Crippen molar-refractivity contribution in [1.29, 1.82) is 0 Å². The van der Waals surface area contributed by atoms with Crippen LogP contribution in [0.2, 0.25) is 0 Å². The van der Waals surface area contributed by atoms with E-state index >= 15 is 0 Å². The van der Waals surface area contributed by atoms with Crippen LogP contribution in [-0.4, -0.2) is 68.1 Å². The number of sulfone groups is 1. The van der Waals surface area contributed by atoms with Crippen LogP contribution in [0.1, 0.15) is 16.9 Å². The van der Waals surface area contributed by atoms with Gasteiger partial charge in [-0.15, -0.1) is 0 Å². The molecule has 2 aliphatic rings. The molecule has 1 aromatic rings. The third kappa shape index (κ3) is 3.53. The number of nitrogens with one attached hydrogen (secondary N) is 1. The first-order chi connectivity index (χ1) is 10.5. The summed E-state index contributed by atoms with van der Waals surface area (Å²) in [6.07, 6.45) is 1.99. The van der Waals surface area contributed by atoms with Gasteiger partial charge in [0.05, 0.1) is 24.7 Å². The molecular formula is C13H18N4O4S. The van der Waals surface area contributed by atoms with E-state index in [-0.39, 0.29) is 29.1 Å². The molecule has 0 bridgehead atoms. The van der Waals surface area contributed by atoms with Crippen LogP contribution in [0, 0.1) is 0 Å². The Labute approximate surface area is 128 Å². The lowest BCUT2D eigenvalue weighted by Crippen LogP contribution is -2.39. The van der Waals surface area contributed by atoms with E-state index in [9.17, 15) is 13.2 Å². The van der Waals surface area contributed by atoms with E-state index in [0.29, 0.717) is 38.7 Å². The van der Waals surface area contributed by atoms with E-state index < -0.39 is 9.84 Å². The smallest absolute Gasteiger partial charge is 0.270 e.